The molecule has 2 heterocycles. The molecule has 1 aliphatic rings. The van der Waals surface area contributed by atoms with Gasteiger partial charge in [0.2, 0.25) is 10.0 Å². The highest BCUT2D eigenvalue weighted by Gasteiger charge is 2.28. The Kier molecular flexibility index (Phi) is 4.61. The third-order valence-corrected chi connectivity index (χ3v) is 6.14. The molecule has 1 aromatic carbocycles. The molecule has 23 heavy (non-hydrogen) atoms. The molecule has 0 radical (unpaired) electrons. The zero-order chi connectivity index (χ0) is 16.3. The second-order valence-electron chi connectivity index (χ2n) is 5.26. The molecule has 1 saturated heterocycles. The summed E-state index contributed by atoms with van der Waals surface area (Å²) < 4.78 is 27.6. The first-order valence-electron chi connectivity index (χ1n) is 7.27. The van der Waals surface area contributed by atoms with Crippen molar-refractivity contribution in [1.29, 1.82) is 5.26 Å². The molecule has 3 rings (SSSR count). The van der Waals surface area contributed by atoms with E-state index in [0.717, 1.165) is 24.5 Å². The van der Waals surface area contributed by atoms with Gasteiger partial charge in [0, 0.05) is 30.7 Å². The summed E-state index contributed by atoms with van der Waals surface area (Å²) in [6, 6.07) is 8.24. The fourth-order valence-corrected chi connectivity index (χ4v) is 4.70. The molecule has 8 heteroatoms. The number of benzene rings is 1. The van der Waals surface area contributed by atoms with Crippen LogP contribution >= 0.6 is 11.3 Å². The summed E-state index contributed by atoms with van der Waals surface area (Å²) in [6.45, 7) is 1.19. The Balaban J connectivity index is 1.73. The molecule has 1 aliphatic heterocycles. The third kappa shape index (κ3) is 3.37. The molecule has 0 unspecified atom stereocenters. The number of sulfonamides is 1. The maximum atomic E-state index is 12.5. The minimum absolute atomic E-state index is 0.0290. The van der Waals surface area contributed by atoms with Crippen molar-refractivity contribution in [3.05, 3.63) is 41.4 Å². The predicted molar refractivity (Wildman–Crippen MR) is 88.8 cm³/mol. The maximum Gasteiger partial charge on any atom is 0.241 e. The van der Waals surface area contributed by atoms with Gasteiger partial charge in [0.25, 0.3) is 0 Å². The van der Waals surface area contributed by atoms with Crippen LogP contribution in [0.15, 0.2) is 40.7 Å². The van der Waals surface area contributed by atoms with Gasteiger partial charge in [-0.2, -0.15) is 5.26 Å². The van der Waals surface area contributed by atoms with E-state index in [0.29, 0.717) is 6.54 Å². The summed E-state index contributed by atoms with van der Waals surface area (Å²) in [4.78, 5) is 6.47. The number of hydrogen-bond acceptors (Lipinski definition) is 6. The maximum absolute atomic E-state index is 12.5. The van der Waals surface area contributed by atoms with Crippen LogP contribution in [-0.4, -0.2) is 32.5 Å². The molecular weight excluding hydrogens is 332 g/mol. The normalized spacial score (nSPS) is 18.0. The molecular formula is C15H16N4O2S2. The van der Waals surface area contributed by atoms with Crippen molar-refractivity contribution in [2.24, 2.45) is 0 Å². The summed E-state index contributed by atoms with van der Waals surface area (Å²) in [5, 5.41) is 11.9. The molecule has 120 valence electrons. The van der Waals surface area contributed by atoms with Gasteiger partial charge in [-0.25, -0.2) is 18.1 Å². The first kappa shape index (κ1) is 15.9. The second-order valence-corrected chi connectivity index (χ2v) is 7.87. The van der Waals surface area contributed by atoms with E-state index >= 15 is 0 Å². The van der Waals surface area contributed by atoms with Crippen LogP contribution in [0, 0.1) is 11.3 Å². The van der Waals surface area contributed by atoms with Gasteiger partial charge in [0.1, 0.15) is 6.07 Å². The van der Waals surface area contributed by atoms with Gasteiger partial charge >= 0.3 is 0 Å². The number of nitrogens with one attached hydrogen (secondary N) is 1. The SMILES string of the molecule is N#Cc1ccccc1S(=O)(=O)NC[C@H]1CCCN1c1nccs1. The Hall–Kier alpha value is -1.95. The number of hydrogen-bond donors (Lipinski definition) is 1. The summed E-state index contributed by atoms with van der Waals surface area (Å²) in [5.74, 6) is 0. The largest absolute Gasteiger partial charge is 0.344 e. The fourth-order valence-electron chi connectivity index (χ4n) is 2.73. The Morgan fingerprint density at radius 3 is 3.00 bits per heavy atom. The van der Waals surface area contributed by atoms with E-state index in [1.807, 2.05) is 11.4 Å². The molecule has 1 fully saturated rings. The zero-order valence-electron chi connectivity index (χ0n) is 12.3. The average molecular weight is 348 g/mol. The lowest BCUT2D eigenvalue weighted by Crippen LogP contribution is -2.40. The van der Waals surface area contributed by atoms with Crippen molar-refractivity contribution in [2.75, 3.05) is 18.0 Å². The van der Waals surface area contributed by atoms with Crippen molar-refractivity contribution in [1.82, 2.24) is 9.71 Å². The van der Waals surface area contributed by atoms with Crippen LogP contribution in [0.1, 0.15) is 18.4 Å². The van der Waals surface area contributed by atoms with Crippen molar-refractivity contribution in [2.45, 2.75) is 23.8 Å². The van der Waals surface area contributed by atoms with Gasteiger partial charge in [-0.05, 0) is 25.0 Å². The van der Waals surface area contributed by atoms with E-state index in [-0.39, 0.29) is 16.5 Å². The van der Waals surface area contributed by atoms with Crippen molar-refractivity contribution >= 4 is 26.5 Å². The van der Waals surface area contributed by atoms with Crippen molar-refractivity contribution in [3.8, 4) is 6.07 Å². The molecule has 1 atom stereocenters. The Morgan fingerprint density at radius 2 is 2.26 bits per heavy atom. The van der Waals surface area contributed by atoms with Crippen molar-refractivity contribution in [3.63, 3.8) is 0 Å². The van der Waals surface area contributed by atoms with Crippen LogP contribution in [0.3, 0.4) is 0 Å². The number of anilines is 1. The monoisotopic (exact) mass is 348 g/mol. The molecule has 0 spiro atoms. The van der Waals surface area contributed by atoms with Crippen LogP contribution in [0.5, 0.6) is 0 Å². The highest BCUT2D eigenvalue weighted by Crippen LogP contribution is 2.27. The number of aromatic nitrogens is 1. The van der Waals surface area contributed by atoms with Crippen molar-refractivity contribution < 1.29 is 8.42 Å². The first-order valence-corrected chi connectivity index (χ1v) is 9.63. The fraction of sp³-hybridized carbons (Fsp3) is 0.333. The van der Waals surface area contributed by atoms with Gasteiger partial charge in [-0.3, -0.25) is 0 Å². The molecule has 1 N–H and O–H groups in total. The van der Waals surface area contributed by atoms with Gasteiger partial charge in [0.15, 0.2) is 5.13 Å². The summed E-state index contributed by atoms with van der Waals surface area (Å²) >= 11 is 1.55. The zero-order valence-corrected chi connectivity index (χ0v) is 14.0. The quantitative estimate of drug-likeness (QED) is 0.893. The van der Waals surface area contributed by atoms with Gasteiger partial charge < -0.3 is 4.90 Å². The molecule has 6 nitrogen and oxygen atoms in total. The number of nitriles is 1. The average Bonchev–Trinajstić information content (AvgIpc) is 3.23. The van der Waals surface area contributed by atoms with Gasteiger partial charge in [0.05, 0.1) is 10.5 Å². The minimum Gasteiger partial charge on any atom is -0.344 e. The minimum atomic E-state index is -3.70. The second kappa shape index (κ2) is 6.66. The lowest BCUT2D eigenvalue weighted by atomic mass is 10.2. The van der Waals surface area contributed by atoms with Crippen LogP contribution in [-0.2, 0) is 10.0 Å². The van der Waals surface area contributed by atoms with Gasteiger partial charge in [-0.1, -0.05) is 12.1 Å². The first-order chi connectivity index (χ1) is 11.1. The Labute approximate surface area is 139 Å². The molecule has 0 saturated carbocycles. The third-order valence-electron chi connectivity index (χ3n) is 3.85. The van der Waals surface area contributed by atoms with E-state index < -0.39 is 10.0 Å². The van der Waals surface area contributed by atoms with Crippen LogP contribution < -0.4 is 9.62 Å². The molecule has 1 aromatic heterocycles. The topological polar surface area (TPSA) is 86.1 Å². The Bertz CT molecular complexity index is 812. The predicted octanol–water partition coefficient (Wildman–Crippen LogP) is 1.96. The molecule has 0 amide bonds. The highest BCUT2D eigenvalue weighted by atomic mass is 32.2. The smallest absolute Gasteiger partial charge is 0.241 e. The molecule has 0 bridgehead atoms. The number of thiazole rings is 1. The lowest BCUT2D eigenvalue weighted by Gasteiger charge is -2.24. The Morgan fingerprint density at radius 1 is 1.43 bits per heavy atom. The molecule has 2 aromatic rings. The number of nitrogens with zero attached hydrogens (tertiary/aromatic N) is 3. The summed E-state index contributed by atoms with van der Waals surface area (Å²) in [7, 11) is -3.70. The van der Waals surface area contributed by atoms with E-state index in [4.69, 9.17) is 5.26 Å². The van der Waals surface area contributed by atoms with E-state index in [9.17, 15) is 8.42 Å². The standard InChI is InChI=1S/C15H16N4O2S2/c16-10-12-4-1-2-6-14(12)23(20,21)18-11-13-5-3-8-19(13)15-17-7-9-22-15/h1-2,4,6-7,9,13,18H,3,5,8,11H2/t13-/m1/s1. The number of rotatable bonds is 5. The highest BCUT2D eigenvalue weighted by molar-refractivity contribution is 7.89. The van der Waals surface area contributed by atoms with E-state index in [2.05, 4.69) is 14.6 Å². The van der Waals surface area contributed by atoms with Crippen LogP contribution in [0.25, 0.3) is 0 Å². The molecule has 0 aliphatic carbocycles. The van der Waals surface area contributed by atoms with Gasteiger partial charge in [-0.15, -0.1) is 11.3 Å². The summed E-state index contributed by atoms with van der Waals surface area (Å²) in [6.07, 6.45) is 3.69. The van der Waals surface area contributed by atoms with E-state index in [1.54, 1.807) is 29.7 Å². The van der Waals surface area contributed by atoms with Crippen LogP contribution in [0.4, 0.5) is 5.13 Å². The van der Waals surface area contributed by atoms with E-state index in [1.165, 1.54) is 12.1 Å². The summed E-state index contributed by atoms with van der Waals surface area (Å²) in [5.41, 5.74) is 0.156. The van der Waals surface area contributed by atoms with Crippen LogP contribution in [0.2, 0.25) is 0 Å². The lowest BCUT2D eigenvalue weighted by molar-refractivity contribution is 0.567.